The number of nitrogens with zero attached hydrogens (tertiary/aromatic N) is 2. The highest BCUT2D eigenvalue weighted by molar-refractivity contribution is 7.92. The topological polar surface area (TPSA) is 69.7 Å². The van der Waals surface area contributed by atoms with E-state index < -0.39 is 10.0 Å². The SMILES string of the molecule is CCCCc1ccc(NS(=O)(=O)c2ccc(C)c(C(=O)N3CCCN(c4ccccc4C)CC3)c2)cc1. The smallest absolute Gasteiger partial charge is 0.261 e. The van der Waals surface area contributed by atoms with Crippen LogP contribution in [0, 0.1) is 13.8 Å². The summed E-state index contributed by atoms with van der Waals surface area (Å²) in [4.78, 5) is 17.8. The van der Waals surface area contributed by atoms with E-state index in [9.17, 15) is 13.2 Å². The van der Waals surface area contributed by atoms with Crippen LogP contribution in [0.2, 0.25) is 0 Å². The van der Waals surface area contributed by atoms with E-state index in [-0.39, 0.29) is 10.8 Å². The Morgan fingerprint density at radius 3 is 2.38 bits per heavy atom. The number of unbranched alkanes of at least 4 members (excludes halogenated alkanes) is 1. The van der Waals surface area contributed by atoms with Gasteiger partial charge in [-0.2, -0.15) is 0 Å². The molecule has 1 fully saturated rings. The highest BCUT2D eigenvalue weighted by atomic mass is 32.2. The van der Waals surface area contributed by atoms with Crippen molar-refractivity contribution in [1.29, 1.82) is 0 Å². The normalized spacial score (nSPS) is 14.4. The van der Waals surface area contributed by atoms with Crippen molar-refractivity contribution in [3.05, 3.63) is 89.0 Å². The van der Waals surface area contributed by atoms with E-state index in [2.05, 4.69) is 35.6 Å². The van der Waals surface area contributed by atoms with E-state index in [1.165, 1.54) is 22.9 Å². The quantitative estimate of drug-likeness (QED) is 0.408. The van der Waals surface area contributed by atoms with Crippen LogP contribution in [0.25, 0.3) is 0 Å². The summed E-state index contributed by atoms with van der Waals surface area (Å²) >= 11 is 0. The monoisotopic (exact) mass is 519 g/mol. The average molecular weight is 520 g/mol. The van der Waals surface area contributed by atoms with Crippen LogP contribution in [0.3, 0.4) is 0 Å². The average Bonchev–Trinajstić information content (AvgIpc) is 3.14. The number of anilines is 2. The molecule has 0 radical (unpaired) electrons. The highest BCUT2D eigenvalue weighted by Crippen LogP contribution is 2.24. The number of benzene rings is 3. The number of nitrogens with one attached hydrogen (secondary N) is 1. The maximum atomic E-state index is 13.5. The Balaban J connectivity index is 1.48. The molecule has 37 heavy (non-hydrogen) atoms. The molecule has 6 nitrogen and oxygen atoms in total. The van der Waals surface area contributed by atoms with Crippen molar-refractivity contribution in [1.82, 2.24) is 4.90 Å². The first kappa shape index (κ1) is 26.7. The largest absolute Gasteiger partial charge is 0.369 e. The second-order valence-electron chi connectivity index (χ2n) is 9.80. The molecule has 1 aliphatic heterocycles. The maximum Gasteiger partial charge on any atom is 0.261 e. The van der Waals surface area contributed by atoms with Crippen molar-refractivity contribution in [2.45, 2.75) is 51.3 Å². The van der Waals surface area contributed by atoms with Gasteiger partial charge in [0.2, 0.25) is 0 Å². The summed E-state index contributed by atoms with van der Waals surface area (Å²) in [5, 5.41) is 0. The molecular formula is C30H37N3O3S. The number of carbonyl (C=O) groups excluding carboxylic acids is 1. The molecule has 0 aromatic heterocycles. The maximum absolute atomic E-state index is 13.5. The van der Waals surface area contributed by atoms with Gasteiger partial charge >= 0.3 is 0 Å². The van der Waals surface area contributed by atoms with Crippen molar-refractivity contribution in [2.75, 3.05) is 35.8 Å². The number of hydrogen-bond acceptors (Lipinski definition) is 4. The van der Waals surface area contributed by atoms with Crippen LogP contribution in [-0.2, 0) is 16.4 Å². The Morgan fingerprint density at radius 1 is 0.892 bits per heavy atom. The molecule has 0 atom stereocenters. The Bertz CT molecular complexity index is 1340. The molecule has 1 N–H and O–H groups in total. The van der Waals surface area contributed by atoms with Crippen molar-refractivity contribution in [2.24, 2.45) is 0 Å². The second kappa shape index (κ2) is 11.8. The lowest BCUT2D eigenvalue weighted by Crippen LogP contribution is -2.35. The van der Waals surface area contributed by atoms with E-state index in [1.807, 2.05) is 36.1 Å². The number of para-hydroxylation sites is 1. The van der Waals surface area contributed by atoms with Crippen LogP contribution in [0.15, 0.2) is 71.6 Å². The van der Waals surface area contributed by atoms with Gasteiger partial charge in [0.15, 0.2) is 0 Å². The lowest BCUT2D eigenvalue weighted by Gasteiger charge is -2.25. The summed E-state index contributed by atoms with van der Waals surface area (Å²) in [7, 11) is -3.83. The summed E-state index contributed by atoms with van der Waals surface area (Å²) in [6, 6.07) is 20.6. The molecule has 0 spiro atoms. The van der Waals surface area contributed by atoms with E-state index in [1.54, 1.807) is 24.3 Å². The van der Waals surface area contributed by atoms with E-state index in [0.29, 0.717) is 24.3 Å². The van der Waals surface area contributed by atoms with Gasteiger partial charge in [-0.15, -0.1) is 0 Å². The minimum absolute atomic E-state index is 0.0906. The lowest BCUT2D eigenvalue weighted by atomic mass is 10.1. The molecule has 0 unspecified atom stereocenters. The predicted octanol–water partition coefficient (Wildman–Crippen LogP) is 5.80. The van der Waals surface area contributed by atoms with Gasteiger partial charge in [0.05, 0.1) is 4.90 Å². The second-order valence-corrected chi connectivity index (χ2v) is 11.5. The van der Waals surface area contributed by atoms with Gasteiger partial charge in [-0.25, -0.2) is 8.42 Å². The molecule has 196 valence electrons. The summed E-state index contributed by atoms with van der Waals surface area (Å²) < 4.78 is 29.0. The zero-order chi connectivity index (χ0) is 26.4. The molecule has 3 aromatic carbocycles. The zero-order valence-corrected chi connectivity index (χ0v) is 22.9. The fourth-order valence-electron chi connectivity index (χ4n) is 4.78. The van der Waals surface area contributed by atoms with Crippen LogP contribution in [0.4, 0.5) is 11.4 Å². The molecule has 3 aromatic rings. The molecule has 4 rings (SSSR count). The first-order valence-electron chi connectivity index (χ1n) is 13.1. The number of aryl methyl sites for hydroxylation is 3. The third-order valence-electron chi connectivity index (χ3n) is 7.01. The number of sulfonamides is 1. The molecule has 1 saturated heterocycles. The van der Waals surface area contributed by atoms with Gasteiger partial charge in [0.1, 0.15) is 0 Å². The van der Waals surface area contributed by atoms with Crippen molar-refractivity contribution in [3.8, 4) is 0 Å². The van der Waals surface area contributed by atoms with Gasteiger partial charge in [0.25, 0.3) is 15.9 Å². The number of amides is 1. The number of carbonyl (C=O) groups is 1. The molecule has 0 saturated carbocycles. The molecular weight excluding hydrogens is 482 g/mol. The molecule has 0 bridgehead atoms. The van der Waals surface area contributed by atoms with Gasteiger partial charge in [-0.3, -0.25) is 9.52 Å². The standard InChI is InChI=1S/C30H37N3O3S/c1-4-5-10-25-13-15-26(16-14-25)31-37(35,36)27-17-12-23(2)28(22-27)30(34)33-19-8-18-32(20-21-33)29-11-7-6-9-24(29)3/h6-7,9,11-17,22,31H,4-5,8,10,18-21H2,1-3H3. The van der Waals surface area contributed by atoms with E-state index in [4.69, 9.17) is 0 Å². The van der Waals surface area contributed by atoms with E-state index in [0.717, 1.165) is 44.3 Å². The third-order valence-corrected chi connectivity index (χ3v) is 8.39. The first-order chi connectivity index (χ1) is 17.8. The Labute approximate surface area is 221 Å². The van der Waals surface area contributed by atoms with Crippen LogP contribution >= 0.6 is 0 Å². The lowest BCUT2D eigenvalue weighted by molar-refractivity contribution is 0.0766. The van der Waals surface area contributed by atoms with Crippen molar-refractivity contribution >= 4 is 27.3 Å². The minimum atomic E-state index is -3.83. The van der Waals surface area contributed by atoms with Crippen LogP contribution in [0.1, 0.15) is 53.2 Å². The number of rotatable bonds is 8. The fraction of sp³-hybridized carbons (Fsp3) is 0.367. The van der Waals surface area contributed by atoms with Crippen LogP contribution in [-0.4, -0.2) is 45.4 Å². The first-order valence-corrected chi connectivity index (χ1v) is 14.6. The van der Waals surface area contributed by atoms with Gasteiger partial charge in [-0.05, 0) is 80.1 Å². The predicted molar refractivity (Wildman–Crippen MR) is 151 cm³/mol. The van der Waals surface area contributed by atoms with Crippen LogP contribution < -0.4 is 9.62 Å². The van der Waals surface area contributed by atoms with Crippen molar-refractivity contribution < 1.29 is 13.2 Å². The Morgan fingerprint density at radius 2 is 1.65 bits per heavy atom. The van der Waals surface area contributed by atoms with Gasteiger partial charge in [0, 0.05) is 43.1 Å². The summed E-state index contributed by atoms with van der Waals surface area (Å²) in [6.45, 7) is 8.95. The minimum Gasteiger partial charge on any atom is -0.369 e. The third kappa shape index (κ3) is 6.52. The molecule has 0 aliphatic carbocycles. The van der Waals surface area contributed by atoms with Gasteiger partial charge in [-0.1, -0.05) is 49.7 Å². The van der Waals surface area contributed by atoms with Crippen molar-refractivity contribution in [3.63, 3.8) is 0 Å². The highest BCUT2D eigenvalue weighted by Gasteiger charge is 2.24. The summed E-state index contributed by atoms with van der Waals surface area (Å²) in [6.07, 6.45) is 4.05. The summed E-state index contributed by atoms with van der Waals surface area (Å²) in [5.74, 6) is -0.124. The molecule has 1 aliphatic rings. The Kier molecular flexibility index (Phi) is 8.54. The van der Waals surface area contributed by atoms with Crippen LogP contribution in [0.5, 0.6) is 0 Å². The fourth-order valence-corrected chi connectivity index (χ4v) is 5.87. The number of hydrogen-bond donors (Lipinski definition) is 1. The molecule has 7 heteroatoms. The van der Waals surface area contributed by atoms with Gasteiger partial charge < -0.3 is 9.80 Å². The molecule has 1 amide bonds. The zero-order valence-electron chi connectivity index (χ0n) is 22.0. The summed E-state index contributed by atoms with van der Waals surface area (Å²) in [5.41, 5.74) is 5.32. The Hall–Kier alpha value is -3.32. The van der Waals surface area contributed by atoms with E-state index >= 15 is 0 Å². The molecule has 1 heterocycles.